The van der Waals surface area contributed by atoms with E-state index in [0.717, 1.165) is 53.5 Å². The lowest BCUT2D eigenvalue weighted by atomic mass is 9.97. The molecule has 0 radical (unpaired) electrons. The van der Waals surface area contributed by atoms with Gasteiger partial charge in [0.15, 0.2) is 5.65 Å². The number of halogens is 1. The lowest BCUT2D eigenvalue weighted by Gasteiger charge is -2.14. The van der Waals surface area contributed by atoms with Crippen LogP contribution in [0.15, 0.2) is 24.4 Å². The number of nitrogens with one attached hydrogen (secondary N) is 2. The second kappa shape index (κ2) is 9.61. The molecule has 2 aromatic heterocycles. The van der Waals surface area contributed by atoms with Crippen molar-refractivity contribution < 1.29 is 9.18 Å². The second-order valence-electron chi connectivity index (χ2n) is 7.54. The summed E-state index contributed by atoms with van der Waals surface area (Å²) in [6.07, 6.45) is 5.99. The van der Waals surface area contributed by atoms with Crippen LogP contribution in [0.25, 0.3) is 22.2 Å². The molecule has 158 valence electrons. The molecule has 2 heterocycles. The predicted octanol–water partition coefficient (Wildman–Crippen LogP) is 5.46. The number of aromatic nitrogens is 3. The summed E-state index contributed by atoms with van der Waals surface area (Å²) in [6, 6.07) is 4.64. The normalized spacial score (nSPS) is 11.0. The Labute approximate surface area is 176 Å². The fraction of sp³-hybridized carbons (Fsp3) is 0.391. The smallest absolute Gasteiger partial charge is 0.319 e. The minimum Gasteiger partial charge on any atom is -0.338 e. The number of amides is 2. The Hall–Kier alpha value is -3.09. The zero-order valence-electron chi connectivity index (χ0n) is 18.0. The monoisotopic (exact) mass is 409 g/mol. The quantitative estimate of drug-likeness (QED) is 0.508. The van der Waals surface area contributed by atoms with Crippen molar-refractivity contribution in [2.24, 2.45) is 0 Å². The summed E-state index contributed by atoms with van der Waals surface area (Å²) >= 11 is 0. The summed E-state index contributed by atoms with van der Waals surface area (Å²) in [5.41, 5.74) is 3.97. The van der Waals surface area contributed by atoms with E-state index < -0.39 is 11.8 Å². The first-order valence-electron chi connectivity index (χ1n) is 10.4. The van der Waals surface area contributed by atoms with E-state index in [-0.39, 0.29) is 5.69 Å². The zero-order chi connectivity index (χ0) is 21.7. The summed E-state index contributed by atoms with van der Waals surface area (Å²) in [6.45, 7) is 8.26. The van der Waals surface area contributed by atoms with Crippen molar-refractivity contribution in [3.63, 3.8) is 0 Å². The van der Waals surface area contributed by atoms with Gasteiger partial charge in [-0.3, -0.25) is 0 Å². The first-order chi connectivity index (χ1) is 14.4. The van der Waals surface area contributed by atoms with E-state index in [4.69, 9.17) is 0 Å². The molecule has 30 heavy (non-hydrogen) atoms. The molecule has 0 aliphatic carbocycles. The molecule has 0 aliphatic rings. The summed E-state index contributed by atoms with van der Waals surface area (Å²) in [5, 5.41) is 6.23. The number of anilines is 1. The Morgan fingerprint density at radius 1 is 1.03 bits per heavy atom. The first kappa shape index (κ1) is 21.6. The number of rotatable bonds is 7. The molecule has 2 amide bonds. The molecule has 0 bridgehead atoms. The van der Waals surface area contributed by atoms with Crippen LogP contribution in [0.4, 0.5) is 14.9 Å². The molecule has 0 unspecified atom stereocenters. The Morgan fingerprint density at radius 2 is 1.83 bits per heavy atom. The number of carbonyl (C=O) groups is 1. The Morgan fingerprint density at radius 3 is 2.60 bits per heavy atom. The number of pyridine rings is 1. The highest BCUT2D eigenvalue weighted by molar-refractivity contribution is 5.91. The van der Waals surface area contributed by atoms with Gasteiger partial charge < -0.3 is 10.6 Å². The van der Waals surface area contributed by atoms with Gasteiger partial charge in [0.1, 0.15) is 11.6 Å². The highest BCUT2D eigenvalue weighted by Crippen LogP contribution is 2.32. The maximum atomic E-state index is 14.5. The average molecular weight is 410 g/mol. The second-order valence-corrected chi connectivity index (χ2v) is 7.54. The van der Waals surface area contributed by atoms with E-state index in [1.807, 2.05) is 26.8 Å². The fourth-order valence-electron chi connectivity index (χ4n) is 3.39. The van der Waals surface area contributed by atoms with Crippen molar-refractivity contribution in [2.75, 3.05) is 11.9 Å². The molecule has 2 N–H and O–H groups in total. The minimum absolute atomic E-state index is 0.140. The van der Waals surface area contributed by atoms with Gasteiger partial charge in [0, 0.05) is 29.4 Å². The number of carbonyl (C=O) groups excluding carboxylic acids is 1. The van der Waals surface area contributed by atoms with Gasteiger partial charge in [0.2, 0.25) is 0 Å². The lowest BCUT2D eigenvalue weighted by molar-refractivity contribution is 0.251. The van der Waals surface area contributed by atoms with Crippen LogP contribution in [0.1, 0.15) is 49.7 Å². The van der Waals surface area contributed by atoms with Gasteiger partial charge >= 0.3 is 6.03 Å². The van der Waals surface area contributed by atoms with Crippen LogP contribution < -0.4 is 10.6 Å². The predicted molar refractivity (Wildman–Crippen MR) is 118 cm³/mol. The molecule has 1 aromatic carbocycles. The summed E-state index contributed by atoms with van der Waals surface area (Å²) < 4.78 is 14.5. The number of aryl methyl sites for hydroxylation is 3. The van der Waals surface area contributed by atoms with E-state index in [1.165, 1.54) is 6.07 Å². The van der Waals surface area contributed by atoms with E-state index in [9.17, 15) is 9.18 Å². The van der Waals surface area contributed by atoms with Crippen LogP contribution in [0.5, 0.6) is 0 Å². The summed E-state index contributed by atoms with van der Waals surface area (Å²) in [5.74, 6) is 0.190. The summed E-state index contributed by atoms with van der Waals surface area (Å²) in [4.78, 5) is 25.4. The Balaban J connectivity index is 1.85. The molecule has 0 spiro atoms. The van der Waals surface area contributed by atoms with Gasteiger partial charge in [0.25, 0.3) is 0 Å². The van der Waals surface area contributed by atoms with Gasteiger partial charge in [-0.15, -0.1) is 0 Å². The number of nitrogens with zero attached hydrogens (tertiary/aromatic N) is 3. The molecule has 0 atom stereocenters. The molecular formula is C23H28FN5O. The van der Waals surface area contributed by atoms with Crippen molar-refractivity contribution in [1.29, 1.82) is 0 Å². The number of hydrogen-bond donors (Lipinski definition) is 2. The van der Waals surface area contributed by atoms with Gasteiger partial charge in [0.05, 0.1) is 5.69 Å². The molecule has 0 fully saturated rings. The standard InChI is InChI=1S/C23H28FN5O/c1-5-6-7-8-9-25-23(30)29-21-12-18(14(2)10-20(21)24)19-11-17-13-26-16(4)28-22(17)27-15(19)3/h10-13H,5-9H2,1-4H3,(H2,25,29,30). The van der Waals surface area contributed by atoms with Crippen LogP contribution in [-0.2, 0) is 0 Å². The van der Waals surface area contributed by atoms with Gasteiger partial charge in [-0.2, -0.15) is 0 Å². The van der Waals surface area contributed by atoms with Crippen LogP contribution >= 0.6 is 0 Å². The van der Waals surface area contributed by atoms with Gasteiger partial charge in [-0.1, -0.05) is 26.2 Å². The molecule has 6 nitrogen and oxygen atoms in total. The van der Waals surface area contributed by atoms with E-state index in [2.05, 4.69) is 32.5 Å². The topological polar surface area (TPSA) is 79.8 Å². The number of hydrogen-bond acceptors (Lipinski definition) is 4. The van der Waals surface area contributed by atoms with E-state index >= 15 is 0 Å². The first-order valence-corrected chi connectivity index (χ1v) is 10.4. The van der Waals surface area contributed by atoms with Crippen molar-refractivity contribution >= 4 is 22.8 Å². The number of urea groups is 1. The fourth-order valence-corrected chi connectivity index (χ4v) is 3.39. The van der Waals surface area contributed by atoms with Gasteiger partial charge in [-0.05, 0) is 56.5 Å². The third-order valence-corrected chi connectivity index (χ3v) is 5.05. The summed E-state index contributed by atoms with van der Waals surface area (Å²) in [7, 11) is 0. The lowest BCUT2D eigenvalue weighted by Crippen LogP contribution is -2.29. The van der Waals surface area contributed by atoms with Crippen molar-refractivity contribution in [1.82, 2.24) is 20.3 Å². The third-order valence-electron chi connectivity index (χ3n) is 5.05. The maximum Gasteiger partial charge on any atom is 0.319 e. The van der Waals surface area contributed by atoms with Crippen LogP contribution in [0, 0.1) is 26.6 Å². The molecule has 0 aliphatic heterocycles. The number of fused-ring (bicyclic) bond motifs is 1. The van der Waals surface area contributed by atoms with E-state index in [0.29, 0.717) is 18.0 Å². The number of unbranched alkanes of at least 4 members (excludes halogenated alkanes) is 3. The van der Waals surface area contributed by atoms with Gasteiger partial charge in [-0.25, -0.2) is 24.1 Å². The Kier molecular flexibility index (Phi) is 6.92. The molecule has 7 heteroatoms. The van der Waals surface area contributed by atoms with Crippen LogP contribution in [0.3, 0.4) is 0 Å². The Bertz CT molecular complexity index is 1070. The molecule has 0 saturated carbocycles. The van der Waals surface area contributed by atoms with Crippen molar-refractivity contribution in [3.8, 4) is 11.1 Å². The van der Waals surface area contributed by atoms with Crippen LogP contribution in [-0.4, -0.2) is 27.5 Å². The minimum atomic E-state index is -0.470. The highest BCUT2D eigenvalue weighted by Gasteiger charge is 2.15. The maximum absolute atomic E-state index is 14.5. The largest absolute Gasteiger partial charge is 0.338 e. The van der Waals surface area contributed by atoms with Crippen molar-refractivity contribution in [3.05, 3.63) is 47.3 Å². The SMILES string of the molecule is CCCCCCNC(=O)Nc1cc(-c2cc3cnc(C)nc3nc2C)c(C)cc1F. The third kappa shape index (κ3) is 5.09. The molecule has 0 saturated heterocycles. The molecule has 3 aromatic rings. The van der Waals surface area contributed by atoms with Crippen molar-refractivity contribution in [2.45, 2.75) is 53.4 Å². The average Bonchev–Trinajstić information content (AvgIpc) is 2.69. The van der Waals surface area contributed by atoms with Crippen LogP contribution in [0.2, 0.25) is 0 Å². The van der Waals surface area contributed by atoms with E-state index in [1.54, 1.807) is 12.3 Å². The molecule has 3 rings (SSSR count). The highest BCUT2D eigenvalue weighted by atomic mass is 19.1. The molecular weight excluding hydrogens is 381 g/mol. The zero-order valence-corrected chi connectivity index (χ0v) is 18.0. The number of benzene rings is 1.